The summed E-state index contributed by atoms with van der Waals surface area (Å²) < 4.78 is 15.1. The van der Waals surface area contributed by atoms with Crippen LogP contribution in [0.5, 0.6) is 0 Å². The van der Waals surface area contributed by atoms with E-state index in [-0.39, 0.29) is 11.7 Å². The van der Waals surface area contributed by atoms with Crippen LogP contribution in [0.2, 0.25) is 0 Å². The molecule has 0 fully saturated rings. The molecular weight excluding hydrogens is 390 g/mol. The Morgan fingerprint density at radius 2 is 1.70 bits per heavy atom. The Bertz CT molecular complexity index is 1150. The number of nitrogens with one attached hydrogen (secondary N) is 1. The first-order valence-electron chi connectivity index (χ1n) is 9.14. The summed E-state index contributed by atoms with van der Waals surface area (Å²) in [6, 6.07) is 14.1. The highest BCUT2D eigenvalue weighted by molar-refractivity contribution is 5.97. The zero-order valence-electron chi connectivity index (χ0n) is 16.3. The molecule has 0 unspecified atom stereocenters. The van der Waals surface area contributed by atoms with Crippen LogP contribution in [-0.2, 0) is 14.3 Å². The van der Waals surface area contributed by atoms with Gasteiger partial charge in [-0.05, 0) is 50.2 Å². The zero-order chi connectivity index (χ0) is 21.7. The van der Waals surface area contributed by atoms with Crippen molar-refractivity contribution in [3.63, 3.8) is 0 Å². The van der Waals surface area contributed by atoms with E-state index in [2.05, 4.69) is 5.32 Å². The maximum atomic E-state index is 12.2. The van der Waals surface area contributed by atoms with Gasteiger partial charge in [-0.25, -0.2) is 14.4 Å². The van der Waals surface area contributed by atoms with Crippen LogP contribution >= 0.6 is 0 Å². The molecule has 0 radical (unpaired) electrons. The number of anilines is 1. The minimum Gasteiger partial charge on any atom is -0.459 e. The number of benzene rings is 2. The lowest BCUT2D eigenvalue weighted by atomic mass is 10.2. The Labute approximate surface area is 171 Å². The van der Waals surface area contributed by atoms with Gasteiger partial charge in [0.05, 0.1) is 11.7 Å². The van der Waals surface area contributed by atoms with E-state index in [9.17, 15) is 19.2 Å². The van der Waals surface area contributed by atoms with E-state index in [1.165, 1.54) is 30.3 Å². The van der Waals surface area contributed by atoms with Crippen LogP contribution in [0.15, 0.2) is 63.8 Å². The Kier molecular flexibility index (Phi) is 6.26. The van der Waals surface area contributed by atoms with Gasteiger partial charge in [-0.2, -0.15) is 0 Å². The second-order valence-corrected chi connectivity index (χ2v) is 6.64. The molecule has 0 spiro atoms. The molecule has 0 aliphatic rings. The van der Waals surface area contributed by atoms with Gasteiger partial charge in [-0.3, -0.25) is 4.79 Å². The maximum absolute atomic E-state index is 12.2. The SMILES string of the molecule is CC(C)OC(=O)c1ccc(NC(=O)COC(=O)c2cc3ccccc3oc2=O)cc1. The van der Waals surface area contributed by atoms with E-state index in [1.807, 2.05) is 0 Å². The van der Waals surface area contributed by atoms with Crippen LogP contribution in [0.4, 0.5) is 5.69 Å². The number of hydrogen-bond donors (Lipinski definition) is 1. The molecule has 0 bridgehead atoms. The topological polar surface area (TPSA) is 112 Å². The van der Waals surface area contributed by atoms with E-state index in [0.29, 0.717) is 22.2 Å². The first-order valence-corrected chi connectivity index (χ1v) is 9.14. The molecule has 0 aliphatic heterocycles. The third kappa shape index (κ3) is 5.11. The first kappa shape index (κ1) is 20.8. The van der Waals surface area contributed by atoms with Crippen LogP contribution < -0.4 is 10.9 Å². The smallest absolute Gasteiger partial charge is 0.351 e. The molecule has 3 rings (SSSR count). The van der Waals surface area contributed by atoms with Gasteiger partial charge >= 0.3 is 17.6 Å². The van der Waals surface area contributed by atoms with Gasteiger partial charge in [-0.15, -0.1) is 0 Å². The molecule has 3 aromatic rings. The Balaban J connectivity index is 1.58. The van der Waals surface area contributed by atoms with Gasteiger partial charge in [0.15, 0.2) is 6.61 Å². The summed E-state index contributed by atoms with van der Waals surface area (Å²) in [4.78, 5) is 48.0. The molecule has 1 heterocycles. The highest BCUT2D eigenvalue weighted by Gasteiger charge is 2.17. The lowest BCUT2D eigenvalue weighted by molar-refractivity contribution is -0.119. The summed E-state index contributed by atoms with van der Waals surface area (Å²) in [5, 5.41) is 3.09. The van der Waals surface area contributed by atoms with Crippen molar-refractivity contribution < 1.29 is 28.3 Å². The van der Waals surface area contributed by atoms with E-state index in [4.69, 9.17) is 13.9 Å². The van der Waals surface area contributed by atoms with Crippen LogP contribution in [0.1, 0.15) is 34.6 Å². The minimum absolute atomic E-state index is 0.239. The van der Waals surface area contributed by atoms with Crippen LogP contribution in [0.25, 0.3) is 11.0 Å². The molecule has 8 heteroatoms. The third-order valence-corrected chi connectivity index (χ3v) is 3.94. The summed E-state index contributed by atoms with van der Waals surface area (Å²) in [6.45, 7) is 2.90. The van der Waals surface area contributed by atoms with E-state index in [0.717, 1.165) is 0 Å². The average Bonchev–Trinajstić information content (AvgIpc) is 2.71. The number of carbonyl (C=O) groups excluding carboxylic acids is 3. The lowest BCUT2D eigenvalue weighted by Gasteiger charge is -2.09. The fraction of sp³-hybridized carbons (Fsp3) is 0.182. The summed E-state index contributed by atoms with van der Waals surface area (Å²) in [5.41, 5.74) is -0.0477. The number of fused-ring (bicyclic) bond motifs is 1. The number of rotatable bonds is 6. The Hall–Kier alpha value is -3.94. The van der Waals surface area contributed by atoms with Crippen LogP contribution in [0, 0.1) is 0 Å². The summed E-state index contributed by atoms with van der Waals surface area (Å²) in [5.74, 6) is -2.03. The molecule has 0 atom stereocenters. The van der Waals surface area contributed by atoms with E-state index in [1.54, 1.807) is 38.1 Å². The second-order valence-electron chi connectivity index (χ2n) is 6.64. The fourth-order valence-corrected chi connectivity index (χ4v) is 2.58. The number of esters is 2. The van der Waals surface area contributed by atoms with Crippen LogP contribution in [0.3, 0.4) is 0 Å². The second kappa shape index (κ2) is 9.04. The number of ether oxygens (including phenoxy) is 2. The molecule has 8 nitrogen and oxygen atoms in total. The highest BCUT2D eigenvalue weighted by atomic mass is 16.5. The predicted octanol–water partition coefficient (Wildman–Crippen LogP) is 3.15. The van der Waals surface area contributed by atoms with Crippen molar-refractivity contribution in [1.82, 2.24) is 0 Å². The molecule has 30 heavy (non-hydrogen) atoms. The van der Waals surface area contributed by atoms with Gasteiger partial charge in [0.25, 0.3) is 5.91 Å². The van der Waals surface area contributed by atoms with Crippen molar-refractivity contribution in [2.24, 2.45) is 0 Å². The first-order chi connectivity index (χ1) is 14.3. The molecule has 0 aliphatic carbocycles. The van der Waals surface area contributed by atoms with Crippen molar-refractivity contribution in [2.45, 2.75) is 20.0 Å². The van der Waals surface area contributed by atoms with Crippen molar-refractivity contribution in [2.75, 3.05) is 11.9 Å². The number of para-hydroxylation sites is 1. The fourth-order valence-electron chi connectivity index (χ4n) is 2.58. The summed E-state index contributed by atoms with van der Waals surface area (Å²) in [7, 11) is 0. The predicted molar refractivity (Wildman–Crippen MR) is 108 cm³/mol. The largest absolute Gasteiger partial charge is 0.459 e. The minimum atomic E-state index is -0.962. The quantitative estimate of drug-likeness (QED) is 0.492. The Morgan fingerprint density at radius 3 is 2.40 bits per heavy atom. The molecule has 2 aromatic carbocycles. The number of amides is 1. The molecule has 1 N–H and O–H groups in total. The average molecular weight is 409 g/mol. The van der Waals surface area contributed by atoms with Gasteiger partial charge < -0.3 is 19.2 Å². The zero-order valence-corrected chi connectivity index (χ0v) is 16.3. The van der Waals surface area contributed by atoms with Crippen molar-refractivity contribution in [1.29, 1.82) is 0 Å². The van der Waals surface area contributed by atoms with Crippen molar-refractivity contribution >= 4 is 34.5 Å². The molecule has 1 aromatic heterocycles. The van der Waals surface area contributed by atoms with Gasteiger partial charge in [0, 0.05) is 11.1 Å². The maximum Gasteiger partial charge on any atom is 0.351 e. The number of carbonyl (C=O) groups is 3. The monoisotopic (exact) mass is 409 g/mol. The van der Waals surface area contributed by atoms with E-state index >= 15 is 0 Å². The van der Waals surface area contributed by atoms with Crippen LogP contribution in [-0.4, -0.2) is 30.6 Å². The summed E-state index contributed by atoms with van der Waals surface area (Å²) >= 11 is 0. The molecule has 154 valence electrons. The van der Waals surface area contributed by atoms with Gasteiger partial charge in [0.2, 0.25) is 0 Å². The summed E-state index contributed by atoms with van der Waals surface area (Å²) in [6.07, 6.45) is -0.239. The van der Waals surface area contributed by atoms with Gasteiger partial charge in [-0.1, -0.05) is 18.2 Å². The van der Waals surface area contributed by atoms with Crippen molar-refractivity contribution in [3.05, 3.63) is 76.1 Å². The number of hydrogen-bond acceptors (Lipinski definition) is 7. The normalized spacial score (nSPS) is 10.6. The van der Waals surface area contributed by atoms with E-state index < -0.39 is 30.1 Å². The molecular formula is C22H19NO7. The molecule has 0 saturated carbocycles. The molecule has 0 saturated heterocycles. The Morgan fingerprint density at radius 1 is 1.00 bits per heavy atom. The van der Waals surface area contributed by atoms with Crippen molar-refractivity contribution in [3.8, 4) is 0 Å². The highest BCUT2D eigenvalue weighted by Crippen LogP contribution is 2.14. The lowest BCUT2D eigenvalue weighted by Crippen LogP contribution is -2.23. The van der Waals surface area contributed by atoms with Gasteiger partial charge in [0.1, 0.15) is 11.1 Å². The molecule has 1 amide bonds. The third-order valence-electron chi connectivity index (χ3n) is 3.94. The standard InChI is InChI=1S/C22H19NO7/c1-13(2)29-20(25)14-7-9-16(10-8-14)23-19(24)12-28-21(26)17-11-15-5-3-4-6-18(15)30-22(17)27/h3-11,13H,12H2,1-2H3,(H,23,24).